The van der Waals surface area contributed by atoms with Crippen molar-refractivity contribution >= 4 is 5.91 Å². The molecule has 0 spiro atoms. The van der Waals surface area contributed by atoms with Gasteiger partial charge in [-0.05, 0) is 25.2 Å². The molecule has 2 aliphatic rings. The highest BCUT2D eigenvalue weighted by molar-refractivity contribution is 5.79. The Morgan fingerprint density at radius 2 is 2.42 bits per heavy atom. The maximum atomic E-state index is 10.8. The van der Waals surface area contributed by atoms with Crippen molar-refractivity contribution in [1.29, 1.82) is 0 Å². The Morgan fingerprint density at radius 1 is 1.58 bits per heavy atom. The van der Waals surface area contributed by atoms with Crippen molar-refractivity contribution in [3.05, 3.63) is 12.2 Å². The molecule has 3 nitrogen and oxygen atoms in total. The molecule has 2 N–H and O–H groups in total. The summed E-state index contributed by atoms with van der Waals surface area (Å²) >= 11 is 0. The van der Waals surface area contributed by atoms with Crippen molar-refractivity contribution in [3.8, 4) is 0 Å². The number of allylic oxidation sites excluding steroid dienone is 1. The molecular weight excluding hydrogens is 154 g/mol. The topological polar surface area (TPSA) is 52.3 Å². The van der Waals surface area contributed by atoms with E-state index < -0.39 is 0 Å². The van der Waals surface area contributed by atoms with Gasteiger partial charge in [0.25, 0.3) is 0 Å². The number of carbonyl (C=O) groups is 1. The van der Waals surface area contributed by atoms with Crippen LogP contribution in [0.3, 0.4) is 0 Å². The number of hydrogen-bond donors (Lipinski definition) is 1. The van der Waals surface area contributed by atoms with Gasteiger partial charge in [-0.15, -0.1) is 0 Å². The quantitative estimate of drug-likeness (QED) is 0.581. The average molecular weight is 167 g/mol. The predicted octanol–water partition coefficient (Wildman–Crippen LogP) is 0.595. The zero-order valence-corrected chi connectivity index (χ0v) is 6.90. The third-order valence-electron chi connectivity index (χ3n) is 2.65. The molecular formula is C9H13NO2. The molecule has 3 atom stereocenters. The molecule has 3 heteroatoms. The summed E-state index contributed by atoms with van der Waals surface area (Å²) in [7, 11) is 0. The van der Waals surface area contributed by atoms with E-state index in [-0.39, 0.29) is 18.1 Å². The lowest BCUT2D eigenvalue weighted by atomic mass is 9.90. The Labute approximate surface area is 71.6 Å². The van der Waals surface area contributed by atoms with E-state index in [4.69, 9.17) is 10.5 Å². The van der Waals surface area contributed by atoms with Gasteiger partial charge in [0.15, 0.2) is 0 Å². The van der Waals surface area contributed by atoms with Crippen LogP contribution in [0.2, 0.25) is 0 Å². The van der Waals surface area contributed by atoms with Gasteiger partial charge in [0, 0.05) is 0 Å². The molecule has 1 saturated heterocycles. The van der Waals surface area contributed by atoms with Crippen LogP contribution in [0.15, 0.2) is 12.2 Å². The zero-order valence-electron chi connectivity index (χ0n) is 6.90. The Balaban J connectivity index is 2.05. The molecule has 66 valence electrons. The fourth-order valence-corrected chi connectivity index (χ4v) is 1.97. The molecule has 2 rings (SSSR count). The summed E-state index contributed by atoms with van der Waals surface area (Å²) in [4.78, 5) is 10.8. The molecule has 0 aromatic carbocycles. The summed E-state index contributed by atoms with van der Waals surface area (Å²) in [6.07, 6.45) is 7.02. The third kappa shape index (κ3) is 1.25. The summed E-state index contributed by atoms with van der Waals surface area (Å²) in [5.74, 6) is 0.199. The molecule has 1 heterocycles. The molecule has 12 heavy (non-hydrogen) atoms. The molecule has 0 aromatic heterocycles. The fourth-order valence-electron chi connectivity index (χ4n) is 1.97. The van der Waals surface area contributed by atoms with Crippen LogP contribution in [0.25, 0.3) is 0 Å². The van der Waals surface area contributed by atoms with Crippen LogP contribution >= 0.6 is 0 Å². The van der Waals surface area contributed by atoms with Crippen LogP contribution < -0.4 is 5.73 Å². The number of ether oxygens (including phenoxy) is 1. The maximum absolute atomic E-state index is 10.8. The van der Waals surface area contributed by atoms with E-state index in [0.29, 0.717) is 5.92 Å². The smallest absolute Gasteiger partial charge is 0.246 e. The van der Waals surface area contributed by atoms with Crippen LogP contribution in [0, 0.1) is 5.92 Å². The van der Waals surface area contributed by atoms with Crippen LogP contribution in [0.1, 0.15) is 19.3 Å². The minimum absolute atomic E-state index is 0.149. The lowest BCUT2D eigenvalue weighted by Gasteiger charge is -2.17. The standard InChI is InChI=1S/C9H13NO2/c10-9(11)8-5-6-3-1-2-4-7(6)12-8/h2,4,6-8H,1,3,5H2,(H2,10,11). The highest BCUT2D eigenvalue weighted by Crippen LogP contribution is 2.33. The van der Waals surface area contributed by atoms with Crippen molar-refractivity contribution < 1.29 is 9.53 Å². The van der Waals surface area contributed by atoms with Crippen molar-refractivity contribution in [2.45, 2.75) is 31.5 Å². The molecule has 1 aliphatic carbocycles. The normalized spacial score (nSPS) is 39.5. The lowest BCUT2D eigenvalue weighted by molar-refractivity contribution is -0.127. The number of nitrogens with two attached hydrogens (primary N) is 1. The minimum Gasteiger partial charge on any atom is -0.367 e. The molecule has 1 fully saturated rings. The molecule has 0 saturated carbocycles. The van der Waals surface area contributed by atoms with Gasteiger partial charge in [0.1, 0.15) is 6.10 Å². The fraction of sp³-hybridized carbons (Fsp3) is 0.667. The second kappa shape index (κ2) is 2.90. The van der Waals surface area contributed by atoms with Gasteiger partial charge in [-0.1, -0.05) is 12.2 Å². The molecule has 0 radical (unpaired) electrons. The second-order valence-electron chi connectivity index (χ2n) is 3.49. The summed E-state index contributed by atoms with van der Waals surface area (Å²) in [5, 5.41) is 0. The van der Waals surface area contributed by atoms with Crippen LogP contribution in [0.5, 0.6) is 0 Å². The van der Waals surface area contributed by atoms with E-state index in [2.05, 4.69) is 12.2 Å². The number of rotatable bonds is 1. The van der Waals surface area contributed by atoms with Crippen molar-refractivity contribution in [3.63, 3.8) is 0 Å². The van der Waals surface area contributed by atoms with Crippen LogP contribution in [-0.2, 0) is 9.53 Å². The molecule has 1 amide bonds. The highest BCUT2D eigenvalue weighted by Gasteiger charge is 2.36. The van der Waals surface area contributed by atoms with Gasteiger partial charge in [0.05, 0.1) is 6.10 Å². The number of carbonyl (C=O) groups excluding carboxylic acids is 1. The molecule has 1 aliphatic heterocycles. The summed E-state index contributed by atoms with van der Waals surface area (Å²) < 4.78 is 5.47. The number of primary amides is 1. The van der Waals surface area contributed by atoms with E-state index in [1.807, 2.05) is 0 Å². The van der Waals surface area contributed by atoms with Crippen molar-refractivity contribution in [1.82, 2.24) is 0 Å². The third-order valence-corrected chi connectivity index (χ3v) is 2.65. The number of amides is 1. The summed E-state index contributed by atoms with van der Waals surface area (Å²) in [6.45, 7) is 0. The van der Waals surface area contributed by atoms with Crippen molar-refractivity contribution in [2.75, 3.05) is 0 Å². The number of fused-ring (bicyclic) bond motifs is 1. The first kappa shape index (κ1) is 7.80. The first-order chi connectivity index (χ1) is 5.77. The van der Waals surface area contributed by atoms with Gasteiger partial charge in [-0.3, -0.25) is 4.79 Å². The van der Waals surface area contributed by atoms with Crippen molar-refractivity contribution in [2.24, 2.45) is 11.7 Å². The summed E-state index contributed by atoms with van der Waals surface area (Å²) in [5.41, 5.74) is 5.16. The van der Waals surface area contributed by atoms with Crippen LogP contribution in [-0.4, -0.2) is 18.1 Å². The molecule has 0 aromatic rings. The predicted molar refractivity (Wildman–Crippen MR) is 44.3 cm³/mol. The van der Waals surface area contributed by atoms with Gasteiger partial charge < -0.3 is 10.5 Å². The average Bonchev–Trinajstić information content (AvgIpc) is 2.46. The molecule has 3 unspecified atom stereocenters. The van der Waals surface area contributed by atoms with E-state index in [1.54, 1.807) is 0 Å². The van der Waals surface area contributed by atoms with E-state index in [0.717, 1.165) is 19.3 Å². The zero-order chi connectivity index (χ0) is 8.55. The summed E-state index contributed by atoms with van der Waals surface area (Å²) in [6, 6.07) is 0. The minimum atomic E-state index is -0.345. The van der Waals surface area contributed by atoms with E-state index in [9.17, 15) is 4.79 Å². The van der Waals surface area contributed by atoms with Gasteiger partial charge in [0.2, 0.25) is 5.91 Å². The highest BCUT2D eigenvalue weighted by atomic mass is 16.5. The first-order valence-electron chi connectivity index (χ1n) is 4.39. The Kier molecular flexibility index (Phi) is 1.89. The van der Waals surface area contributed by atoms with Gasteiger partial charge in [-0.25, -0.2) is 0 Å². The van der Waals surface area contributed by atoms with Gasteiger partial charge >= 0.3 is 0 Å². The molecule has 0 bridgehead atoms. The monoisotopic (exact) mass is 167 g/mol. The lowest BCUT2D eigenvalue weighted by Crippen LogP contribution is -2.28. The Bertz CT molecular complexity index is 225. The second-order valence-corrected chi connectivity index (χ2v) is 3.49. The van der Waals surface area contributed by atoms with E-state index in [1.165, 1.54) is 0 Å². The van der Waals surface area contributed by atoms with E-state index >= 15 is 0 Å². The number of hydrogen-bond acceptors (Lipinski definition) is 2. The maximum Gasteiger partial charge on any atom is 0.246 e. The van der Waals surface area contributed by atoms with Gasteiger partial charge in [-0.2, -0.15) is 0 Å². The SMILES string of the molecule is NC(=O)C1CC2CCC=CC2O1. The van der Waals surface area contributed by atoms with Crippen LogP contribution in [0.4, 0.5) is 0 Å². The largest absolute Gasteiger partial charge is 0.367 e. The Hall–Kier alpha value is -0.830. The first-order valence-corrected chi connectivity index (χ1v) is 4.39. The Morgan fingerprint density at radius 3 is 3.08 bits per heavy atom.